The maximum Gasteiger partial charge on any atom is 0.338 e. The van der Waals surface area contributed by atoms with E-state index in [4.69, 9.17) is 14.2 Å². The molecule has 3 aromatic rings. The molecule has 2 aromatic carbocycles. The largest absolute Gasteiger partial charge is 0.494 e. The molecule has 42 heavy (non-hydrogen) atoms. The van der Waals surface area contributed by atoms with Crippen molar-refractivity contribution >= 4 is 34.8 Å². The van der Waals surface area contributed by atoms with Gasteiger partial charge in [0.1, 0.15) is 11.4 Å². The SMILES string of the molecule is CCOc1ccc([C@@H]2C(C(=O)OC(C)C)=C(C)N=c3s/c(=C\c4ccc(N5CCOCC5)c([N+](=O)[O-])c4)c(=O)n32)cc1. The van der Waals surface area contributed by atoms with Crippen molar-refractivity contribution in [1.82, 2.24) is 4.57 Å². The third-order valence-electron chi connectivity index (χ3n) is 6.94. The molecule has 220 valence electrons. The Morgan fingerprint density at radius 1 is 1.21 bits per heavy atom. The van der Waals surface area contributed by atoms with Gasteiger partial charge in [-0.15, -0.1) is 0 Å². The number of nitro benzene ring substituents is 1. The Labute approximate surface area is 246 Å². The van der Waals surface area contributed by atoms with E-state index in [2.05, 4.69) is 4.99 Å². The van der Waals surface area contributed by atoms with Gasteiger partial charge in [0.25, 0.3) is 11.2 Å². The van der Waals surface area contributed by atoms with Crippen molar-refractivity contribution < 1.29 is 23.9 Å². The van der Waals surface area contributed by atoms with E-state index in [0.717, 1.165) is 11.3 Å². The highest BCUT2D eigenvalue weighted by Crippen LogP contribution is 2.33. The summed E-state index contributed by atoms with van der Waals surface area (Å²) >= 11 is 1.16. The number of ether oxygens (including phenoxy) is 3. The van der Waals surface area contributed by atoms with Crippen molar-refractivity contribution in [3.05, 3.63) is 94.7 Å². The van der Waals surface area contributed by atoms with E-state index >= 15 is 0 Å². The van der Waals surface area contributed by atoms with Gasteiger partial charge in [-0.1, -0.05) is 29.5 Å². The Kier molecular flexibility index (Phi) is 8.55. The molecule has 0 aliphatic carbocycles. The van der Waals surface area contributed by atoms with Gasteiger partial charge in [-0.3, -0.25) is 19.5 Å². The number of morpholine rings is 1. The summed E-state index contributed by atoms with van der Waals surface area (Å²) in [5, 5.41) is 12.0. The zero-order valence-electron chi connectivity index (χ0n) is 23.9. The highest BCUT2D eigenvalue weighted by atomic mass is 32.1. The average Bonchev–Trinajstić information content (AvgIpc) is 3.26. The molecule has 0 N–H and O–H groups in total. The fourth-order valence-electron chi connectivity index (χ4n) is 5.09. The zero-order chi connectivity index (χ0) is 30.0. The molecule has 11 nitrogen and oxygen atoms in total. The number of nitrogens with zero attached hydrogens (tertiary/aromatic N) is 4. The van der Waals surface area contributed by atoms with Gasteiger partial charge >= 0.3 is 5.97 Å². The standard InChI is InChI=1S/C30H32N4O7S/c1-5-40-22-9-7-21(8-10-22)27-26(29(36)41-18(2)3)19(4)31-30-33(27)28(35)25(42-30)17-20-6-11-23(24(16-20)34(37)38)32-12-14-39-15-13-32/h6-11,16-18,27H,5,12-15H2,1-4H3/b25-17-/t27-/m1/s1. The second-order valence-corrected chi connectivity index (χ2v) is 11.2. The van der Waals surface area contributed by atoms with Crippen LogP contribution in [0.4, 0.5) is 11.4 Å². The van der Waals surface area contributed by atoms with Crippen LogP contribution >= 0.6 is 11.3 Å². The smallest absolute Gasteiger partial charge is 0.338 e. The van der Waals surface area contributed by atoms with Gasteiger partial charge < -0.3 is 19.1 Å². The van der Waals surface area contributed by atoms with Crippen LogP contribution in [-0.2, 0) is 14.3 Å². The second-order valence-electron chi connectivity index (χ2n) is 10.1. The molecule has 0 saturated carbocycles. The first-order valence-corrected chi connectivity index (χ1v) is 14.6. The van der Waals surface area contributed by atoms with Crippen LogP contribution in [0.3, 0.4) is 0 Å². The highest BCUT2D eigenvalue weighted by Gasteiger charge is 2.34. The summed E-state index contributed by atoms with van der Waals surface area (Å²) in [5.41, 5.74) is 2.05. The van der Waals surface area contributed by atoms with E-state index in [9.17, 15) is 19.7 Å². The predicted molar refractivity (Wildman–Crippen MR) is 159 cm³/mol. The van der Waals surface area contributed by atoms with Gasteiger partial charge in [0, 0.05) is 19.2 Å². The van der Waals surface area contributed by atoms with Crippen LogP contribution in [0.25, 0.3) is 6.08 Å². The fraction of sp³-hybridized carbons (Fsp3) is 0.367. The van der Waals surface area contributed by atoms with Crippen molar-refractivity contribution in [2.45, 2.75) is 39.8 Å². The predicted octanol–water partition coefficient (Wildman–Crippen LogP) is 3.33. The van der Waals surface area contributed by atoms with Crippen LogP contribution in [-0.4, -0.2) is 54.5 Å². The van der Waals surface area contributed by atoms with Crippen LogP contribution in [0.2, 0.25) is 0 Å². The fourth-order valence-corrected chi connectivity index (χ4v) is 6.13. The van der Waals surface area contributed by atoms with E-state index in [0.29, 0.717) is 70.5 Å². The van der Waals surface area contributed by atoms with Crippen molar-refractivity contribution in [2.24, 2.45) is 4.99 Å². The van der Waals surface area contributed by atoms with Crippen LogP contribution < -0.4 is 24.5 Å². The number of rotatable bonds is 8. The molecule has 3 heterocycles. The van der Waals surface area contributed by atoms with Gasteiger partial charge in [0.05, 0.1) is 52.7 Å². The third-order valence-corrected chi connectivity index (χ3v) is 7.92. The first kappa shape index (κ1) is 29.2. The van der Waals surface area contributed by atoms with Gasteiger partial charge in [0.15, 0.2) is 4.80 Å². The maximum atomic E-state index is 13.9. The first-order valence-electron chi connectivity index (χ1n) is 13.7. The molecule has 0 bridgehead atoms. The Hall–Kier alpha value is -4.29. The topological polar surface area (TPSA) is 126 Å². The molecule has 0 radical (unpaired) electrons. The average molecular weight is 593 g/mol. The third kappa shape index (κ3) is 5.86. The maximum absolute atomic E-state index is 13.9. The van der Waals surface area contributed by atoms with E-state index in [1.165, 1.54) is 10.6 Å². The molecule has 0 spiro atoms. The number of anilines is 1. The molecule has 1 saturated heterocycles. The Bertz CT molecular complexity index is 1720. The summed E-state index contributed by atoms with van der Waals surface area (Å²) in [4.78, 5) is 45.7. The van der Waals surface area contributed by atoms with Gasteiger partial charge in [-0.05, 0) is 63.1 Å². The lowest BCUT2D eigenvalue weighted by atomic mass is 9.96. The molecule has 2 aliphatic heterocycles. The minimum Gasteiger partial charge on any atom is -0.494 e. The van der Waals surface area contributed by atoms with Crippen molar-refractivity contribution in [1.29, 1.82) is 0 Å². The Balaban J connectivity index is 1.62. The van der Waals surface area contributed by atoms with Gasteiger partial charge in [-0.25, -0.2) is 9.79 Å². The molecule has 1 aromatic heterocycles. The second kappa shape index (κ2) is 12.3. The van der Waals surface area contributed by atoms with E-state index in [1.807, 2.05) is 24.0 Å². The van der Waals surface area contributed by atoms with Gasteiger partial charge in [-0.2, -0.15) is 0 Å². The van der Waals surface area contributed by atoms with Crippen LogP contribution in [0.15, 0.2) is 63.5 Å². The number of fused-ring (bicyclic) bond motifs is 1. The molecule has 12 heteroatoms. The molecule has 0 amide bonds. The lowest BCUT2D eigenvalue weighted by Gasteiger charge is -2.28. The summed E-state index contributed by atoms with van der Waals surface area (Å²) in [7, 11) is 0. The van der Waals surface area contributed by atoms with E-state index in [1.54, 1.807) is 51.1 Å². The van der Waals surface area contributed by atoms with Crippen LogP contribution in [0.5, 0.6) is 5.75 Å². The number of hydrogen-bond acceptors (Lipinski definition) is 10. The summed E-state index contributed by atoms with van der Waals surface area (Å²) in [6.45, 7) is 9.77. The van der Waals surface area contributed by atoms with Crippen molar-refractivity contribution in [3.8, 4) is 5.75 Å². The van der Waals surface area contributed by atoms with Crippen LogP contribution in [0, 0.1) is 10.1 Å². The van der Waals surface area contributed by atoms with E-state index in [-0.39, 0.29) is 22.9 Å². The number of carbonyl (C=O) groups is 1. The zero-order valence-corrected chi connectivity index (χ0v) is 24.7. The molecular weight excluding hydrogens is 560 g/mol. The quantitative estimate of drug-likeness (QED) is 0.222. The molecule has 1 fully saturated rings. The number of esters is 1. The number of hydrogen-bond donors (Lipinski definition) is 0. The molecular formula is C30H32N4O7S. The minimum absolute atomic E-state index is 0.0414. The summed E-state index contributed by atoms with van der Waals surface area (Å²) < 4.78 is 18.3. The van der Waals surface area contributed by atoms with Crippen molar-refractivity contribution in [2.75, 3.05) is 37.8 Å². The highest BCUT2D eigenvalue weighted by molar-refractivity contribution is 7.07. The normalized spacial score (nSPS) is 17.2. The molecule has 2 aliphatic rings. The van der Waals surface area contributed by atoms with E-state index < -0.39 is 16.9 Å². The number of allylic oxidation sites excluding steroid dienone is 1. The van der Waals surface area contributed by atoms with Gasteiger partial charge in [0.2, 0.25) is 0 Å². The number of benzene rings is 2. The molecule has 1 atom stereocenters. The number of carbonyl (C=O) groups excluding carboxylic acids is 1. The summed E-state index contributed by atoms with van der Waals surface area (Å²) in [6.07, 6.45) is 1.26. The Morgan fingerprint density at radius 2 is 1.93 bits per heavy atom. The Morgan fingerprint density at radius 3 is 2.57 bits per heavy atom. The minimum atomic E-state index is -0.775. The lowest BCUT2D eigenvalue weighted by Crippen LogP contribution is -2.40. The molecule has 0 unspecified atom stereocenters. The summed E-state index contributed by atoms with van der Waals surface area (Å²) in [5.74, 6) is 0.122. The number of nitro groups is 1. The monoisotopic (exact) mass is 592 g/mol. The number of aromatic nitrogens is 1. The van der Waals surface area contributed by atoms with Crippen molar-refractivity contribution in [3.63, 3.8) is 0 Å². The first-order chi connectivity index (χ1) is 20.2. The summed E-state index contributed by atoms with van der Waals surface area (Å²) in [6, 6.07) is 11.4. The van der Waals surface area contributed by atoms with Crippen LogP contribution in [0.1, 0.15) is 44.9 Å². The lowest BCUT2D eigenvalue weighted by molar-refractivity contribution is -0.384. The molecule has 5 rings (SSSR count). The number of thiazole rings is 1.